The lowest BCUT2D eigenvalue weighted by molar-refractivity contribution is 1.35. The fourth-order valence-electron chi connectivity index (χ4n) is 2.67. The third-order valence-electron chi connectivity index (χ3n) is 3.57. The summed E-state index contributed by atoms with van der Waals surface area (Å²) < 4.78 is 1.43. The molecule has 0 aromatic heterocycles. The molecule has 96 valence electrons. The van der Waals surface area contributed by atoms with Crippen LogP contribution in [0.25, 0.3) is 6.08 Å². The molecule has 1 unspecified atom stereocenters. The van der Waals surface area contributed by atoms with Crippen molar-refractivity contribution in [2.24, 2.45) is 0 Å². The van der Waals surface area contributed by atoms with Crippen molar-refractivity contribution in [3.63, 3.8) is 0 Å². The van der Waals surface area contributed by atoms with Crippen LogP contribution >= 0.6 is 10.5 Å². The molecule has 1 aliphatic rings. The van der Waals surface area contributed by atoms with Crippen LogP contribution in [0.4, 0.5) is 0 Å². The van der Waals surface area contributed by atoms with E-state index in [-0.39, 0.29) is 10.5 Å². The molecular weight excluding hydrogens is 260 g/mol. The summed E-state index contributed by atoms with van der Waals surface area (Å²) >= 11 is 0. The van der Waals surface area contributed by atoms with Crippen molar-refractivity contribution in [3.8, 4) is 0 Å². The van der Waals surface area contributed by atoms with Crippen LogP contribution in [0.2, 0.25) is 0 Å². The Labute approximate surface area is 121 Å². The monoisotopic (exact) mass is 274 g/mol. The van der Waals surface area contributed by atoms with E-state index in [1.54, 1.807) is 0 Å². The van der Waals surface area contributed by atoms with E-state index in [1.165, 1.54) is 25.1 Å². The van der Waals surface area contributed by atoms with E-state index >= 15 is 0 Å². The van der Waals surface area contributed by atoms with Crippen molar-refractivity contribution in [2.45, 2.75) is 9.79 Å². The van der Waals surface area contributed by atoms with Gasteiger partial charge in [-0.1, -0.05) is 54.6 Å². The fourth-order valence-corrected chi connectivity index (χ4v) is 5.00. The maximum atomic E-state index is 2.30. The zero-order chi connectivity index (χ0) is 13.4. The maximum Gasteiger partial charge on any atom is 0.0141 e. The van der Waals surface area contributed by atoms with Crippen LogP contribution in [0, 0.1) is 4.51 Å². The highest BCUT2D eigenvalue weighted by Crippen LogP contribution is 2.41. The first-order chi connectivity index (χ1) is 9.93. The van der Waals surface area contributed by atoms with Crippen LogP contribution < -0.4 is 5.22 Å². The molecule has 1 aliphatic heterocycles. The number of benzene rings is 3. The second kappa shape index (κ2) is 4.77. The second-order valence-corrected chi connectivity index (χ2v) is 6.80. The molecule has 3 aromatic rings. The minimum Gasteiger partial charge on any atom is -0.115 e. The van der Waals surface area contributed by atoms with Crippen molar-refractivity contribution >= 4 is 16.6 Å². The van der Waals surface area contributed by atoms with Crippen LogP contribution in [0.15, 0.2) is 88.7 Å². The normalized spacial score (nSPS) is 15.9. The quantitative estimate of drug-likeness (QED) is 0.449. The SMILES string of the molecule is C1=c2ccccc2=S(c2ccccc2)c2ccccc21. The lowest BCUT2D eigenvalue weighted by Gasteiger charge is -2.17. The van der Waals surface area contributed by atoms with Crippen LogP contribution in [-0.4, -0.2) is 0 Å². The summed E-state index contributed by atoms with van der Waals surface area (Å²) in [5.74, 6) is 0. The summed E-state index contributed by atoms with van der Waals surface area (Å²) in [6.07, 6.45) is 2.30. The zero-order valence-electron chi connectivity index (χ0n) is 11.0. The van der Waals surface area contributed by atoms with Gasteiger partial charge in [0.05, 0.1) is 0 Å². The fraction of sp³-hybridized carbons (Fsp3) is 0. The van der Waals surface area contributed by atoms with Crippen molar-refractivity contribution in [2.75, 3.05) is 0 Å². The first-order valence-corrected chi connectivity index (χ1v) is 7.98. The largest absolute Gasteiger partial charge is 0.115 e. The minimum atomic E-state index is 0.0108. The Hall–Kier alpha value is -2.12. The standard InChI is InChI=1S/C19H14S/c1-2-10-17(11-3-1)20-18-12-6-4-8-15(18)14-16-9-5-7-13-19(16)20/h1-14H. The highest BCUT2D eigenvalue weighted by atomic mass is 32.2. The van der Waals surface area contributed by atoms with Gasteiger partial charge in [0.2, 0.25) is 0 Å². The first-order valence-electron chi connectivity index (χ1n) is 6.76. The lowest BCUT2D eigenvalue weighted by atomic mass is 10.1. The molecule has 0 N–H and O–H groups in total. The van der Waals surface area contributed by atoms with E-state index in [4.69, 9.17) is 0 Å². The van der Waals surface area contributed by atoms with Gasteiger partial charge in [-0.05, 0) is 41.1 Å². The van der Waals surface area contributed by atoms with Gasteiger partial charge in [0.15, 0.2) is 0 Å². The Balaban J connectivity index is 2.18. The summed E-state index contributed by atoms with van der Waals surface area (Å²) in [5, 5.41) is 1.35. The smallest absolute Gasteiger partial charge is 0.0141 e. The molecule has 0 nitrogen and oxygen atoms in total. The predicted molar refractivity (Wildman–Crippen MR) is 85.5 cm³/mol. The lowest BCUT2D eigenvalue weighted by Crippen LogP contribution is -2.07. The number of hydrogen-bond acceptors (Lipinski definition) is 0. The summed E-state index contributed by atoms with van der Waals surface area (Å²) in [7, 11) is 0.0108. The average Bonchev–Trinajstić information content (AvgIpc) is 2.53. The number of fused-ring (bicyclic) bond motifs is 2. The van der Waals surface area contributed by atoms with Crippen LogP contribution in [0.5, 0.6) is 0 Å². The van der Waals surface area contributed by atoms with E-state index in [0.717, 1.165) is 0 Å². The molecule has 0 aliphatic carbocycles. The third-order valence-corrected chi connectivity index (χ3v) is 5.93. The molecule has 20 heavy (non-hydrogen) atoms. The van der Waals surface area contributed by atoms with Crippen molar-refractivity contribution in [3.05, 3.63) is 94.2 Å². The van der Waals surface area contributed by atoms with Crippen LogP contribution in [-0.2, 0) is 0 Å². The van der Waals surface area contributed by atoms with Gasteiger partial charge in [0, 0.05) is 14.3 Å². The van der Waals surface area contributed by atoms with E-state index in [2.05, 4.69) is 84.9 Å². The third kappa shape index (κ3) is 1.83. The summed E-state index contributed by atoms with van der Waals surface area (Å²) in [6, 6.07) is 28.3. The van der Waals surface area contributed by atoms with Crippen LogP contribution in [0.3, 0.4) is 0 Å². The molecule has 0 bridgehead atoms. The predicted octanol–water partition coefficient (Wildman–Crippen LogP) is 4.47. The Morgan fingerprint density at radius 2 is 1.30 bits per heavy atom. The van der Waals surface area contributed by atoms with Gasteiger partial charge in [-0.3, -0.25) is 0 Å². The number of hydrogen-bond donors (Lipinski definition) is 0. The zero-order valence-corrected chi connectivity index (χ0v) is 11.8. The second-order valence-electron chi connectivity index (χ2n) is 4.84. The molecule has 1 atom stereocenters. The van der Waals surface area contributed by atoms with E-state index in [0.29, 0.717) is 0 Å². The Bertz CT molecular complexity index is 892. The molecule has 4 rings (SSSR count). The van der Waals surface area contributed by atoms with Crippen molar-refractivity contribution < 1.29 is 0 Å². The molecule has 3 aromatic carbocycles. The minimum absolute atomic E-state index is 0.0108. The van der Waals surface area contributed by atoms with Gasteiger partial charge < -0.3 is 0 Å². The van der Waals surface area contributed by atoms with E-state index < -0.39 is 0 Å². The van der Waals surface area contributed by atoms with Gasteiger partial charge in [-0.25, -0.2) is 0 Å². The molecule has 0 fully saturated rings. The van der Waals surface area contributed by atoms with Gasteiger partial charge in [-0.15, -0.1) is 10.5 Å². The van der Waals surface area contributed by atoms with E-state index in [9.17, 15) is 0 Å². The highest BCUT2D eigenvalue weighted by molar-refractivity contribution is 8.09. The highest BCUT2D eigenvalue weighted by Gasteiger charge is 2.11. The molecule has 1 heterocycles. The molecule has 0 amide bonds. The molecule has 0 saturated heterocycles. The first kappa shape index (κ1) is 11.7. The molecule has 1 heteroatoms. The van der Waals surface area contributed by atoms with Gasteiger partial charge in [-0.2, -0.15) is 0 Å². The van der Waals surface area contributed by atoms with Gasteiger partial charge >= 0.3 is 0 Å². The van der Waals surface area contributed by atoms with Crippen molar-refractivity contribution in [1.29, 1.82) is 0 Å². The summed E-state index contributed by atoms with van der Waals surface area (Å²) in [4.78, 5) is 2.82. The number of rotatable bonds is 1. The molecule has 0 radical (unpaired) electrons. The summed E-state index contributed by atoms with van der Waals surface area (Å²) in [6.45, 7) is 0. The topological polar surface area (TPSA) is 0 Å². The summed E-state index contributed by atoms with van der Waals surface area (Å²) in [5.41, 5.74) is 1.35. The van der Waals surface area contributed by atoms with Crippen LogP contribution in [0.1, 0.15) is 5.56 Å². The van der Waals surface area contributed by atoms with Crippen molar-refractivity contribution in [1.82, 2.24) is 0 Å². The van der Waals surface area contributed by atoms with Gasteiger partial charge in [0.1, 0.15) is 0 Å². The average molecular weight is 274 g/mol. The van der Waals surface area contributed by atoms with E-state index in [1.807, 2.05) is 0 Å². The molecule has 0 spiro atoms. The Kier molecular flexibility index (Phi) is 2.79. The molecule has 0 saturated carbocycles. The Morgan fingerprint density at radius 1 is 0.600 bits per heavy atom. The Morgan fingerprint density at radius 3 is 2.20 bits per heavy atom. The van der Waals surface area contributed by atoms with Gasteiger partial charge in [0.25, 0.3) is 0 Å². The molecular formula is C19H14S. The maximum absolute atomic E-state index is 2.30.